The second-order valence-corrected chi connectivity index (χ2v) is 11.7. The Morgan fingerprint density at radius 2 is 1.13 bits per heavy atom. The minimum Gasteiger partial charge on any atom is -0.378 e. The van der Waals surface area contributed by atoms with Crippen LogP contribution in [0.2, 0.25) is 0 Å². The summed E-state index contributed by atoms with van der Waals surface area (Å²) in [6, 6.07) is 0.331. The number of amides is 1. The molecule has 0 fully saturated rings. The molecule has 0 rings (SSSR count). The molecule has 0 saturated carbocycles. The molecule has 39 heavy (non-hydrogen) atoms. The Balaban J connectivity index is 5.39. The quantitative estimate of drug-likeness (QED) is 0.163. The van der Waals surface area contributed by atoms with Gasteiger partial charge in [-0.25, -0.2) is 0 Å². The molecule has 9 heteroatoms. The summed E-state index contributed by atoms with van der Waals surface area (Å²) in [6.45, 7) is 17.0. The van der Waals surface area contributed by atoms with Crippen LogP contribution in [-0.2, 0) is 33.4 Å². The predicted molar refractivity (Wildman–Crippen MR) is 154 cm³/mol. The molecule has 0 aliphatic heterocycles. The minimum atomic E-state index is -0.876. The van der Waals surface area contributed by atoms with Gasteiger partial charge in [-0.15, -0.1) is 0 Å². The number of ether oxygens (including phenoxy) is 3. The highest BCUT2D eigenvalue weighted by atomic mass is 16.5. The average Bonchev–Trinajstić information content (AvgIpc) is 2.85. The Kier molecular flexibility index (Phi) is 20.2. The molecule has 0 bridgehead atoms. The lowest BCUT2D eigenvalue weighted by Gasteiger charge is -2.35. The largest absolute Gasteiger partial charge is 0.378 e. The zero-order chi connectivity index (χ0) is 29.8. The average molecular weight is 557 g/mol. The third-order valence-corrected chi connectivity index (χ3v) is 6.44. The summed E-state index contributed by atoms with van der Waals surface area (Å²) < 4.78 is 17.4. The van der Waals surface area contributed by atoms with Gasteiger partial charge in [-0.2, -0.15) is 0 Å². The highest BCUT2D eigenvalue weighted by Gasteiger charge is 2.33. The van der Waals surface area contributed by atoms with Crippen LogP contribution in [0.25, 0.3) is 0 Å². The van der Waals surface area contributed by atoms with Crippen LogP contribution >= 0.6 is 0 Å². The Hall–Kier alpha value is -1.68. The molecule has 0 unspecified atom stereocenters. The molecule has 0 aromatic heterocycles. The number of ketones is 3. The maximum absolute atomic E-state index is 12.9. The van der Waals surface area contributed by atoms with E-state index in [1.165, 1.54) is 0 Å². The highest BCUT2D eigenvalue weighted by Crippen LogP contribution is 2.19. The molecule has 228 valence electrons. The van der Waals surface area contributed by atoms with Gasteiger partial charge in [0.15, 0.2) is 0 Å². The standard InChI is InChI=1S/C30H56N2O7/c1-22(2)26(33)11-9-10-14-30(20-38-16-12-27(34)23(3)4,21-39-17-13-28(35)24(5)6)32-29(36)19-37-18-15-31-25(7)8/h22-25,31H,9-21H2,1-8H3,(H,32,36). The number of hydrogen-bond acceptors (Lipinski definition) is 8. The number of rotatable bonds is 25. The van der Waals surface area contributed by atoms with Crippen molar-refractivity contribution in [3.8, 4) is 0 Å². The van der Waals surface area contributed by atoms with E-state index in [4.69, 9.17) is 14.2 Å². The van der Waals surface area contributed by atoms with Gasteiger partial charge in [-0.1, -0.05) is 61.8 Å². The number of unbranched alkanes of at least 4 members (excludes halogenated alkanes) is 1. The normalized spacial score (nSPS) is 12.1. The minimum absolute atomic E-state index is 0.0135. The fourth-order valence-corrected chi connectivity index (χ4v) is 3.75. The SMILES string of the molecule is CC(C)NCCOCC(=O)NC(CCCCC(=O)C(C)C)(COCCC(=O)C(C)C)COCCC(=O)C(C)C. The fourth-order valence-electron chi connectivity index (χ4n) is 3.75. The van der Waals surface area contributed by atoms with Crippen molar-refractivity contribution in [2.45, 2.75) is 105 Å². The monoisotopic (exact) mass is 556 g/mol. The number of hydrogen-bond donors (Lipinski definition) is 2. The maximum atomic E-state index is 12.9. The van der Waals surface area contributed by atoms with Gasteiger partial charge in [0.05, 0.1) is 38.6 Å². The Morgan fingerprint density at radius 3 is 1.59 bits per heavy atom. The van der Waals surface area contributed by atoms with Crippen LogP contribution in [0.15, 0.2) is 0 Å². The Bertz CT molecular complexity index is 651. The zero-order valence-corrected chi connectivity index (χ0v) is 25.9. The first-order valence-electron chi connectivity index (χ1n) is 14.7. The Morgan fingerprint density at radius 1 is 0.641 bits per heavy atom. The zero-order valence-electron chi connectivity index (χ0n) is 25.9. The highest BCUT2D eigenvalue weighted by molar-refractivity contribution is 5.81. The van der Waals surface area contributed by atoms with Crippen LogP contribution in [-0.4, -0.2) is 81.0 Å². The van der Waals surface area contributed by atoms with Gasteiger partial charge in [-0.3, -0.25) is 19.2 Å². The lowest BCUT2D eigenvalue weighted by Crippen LogP contribution is -2.56. The molecule has 0 saturated heterocycles. The summed E-state index contributed by atoms with van der Waals surface area (Å²) in [5.74, 6) is -0.00397. The molecule has 0 heterocycles. The lowest BCUT2D eigenvalue weighted by molar-refractivity contribution is -0.131. The molecular formula is C30H56N2O7. The molecule has 0 atom stereocenters. The van der Waals surface area contributed by atoms with Crippen molar-refractivity contribution in [3.05, 3.63) is 0 Å². The molecular weight excluding hydrogens is 500 g/mol. The number of Topliss-reactive ketones (excluding diaryl/α,β-unsaturated/α-hetero) is 3. The van der Waals surface area contributed by atoms with Gasteiger partial charge >= 0.3 is 0 Å². The van der Waals surface area contributed by atoms with Crippen LogP contribution in [0, 0.1) is 17.8 Å². The first-order valence-corrected chi connectivity index (χ1v) is 14.7. The van der Waals surface area contributed by atoms with E-state index in [1.54, 1.807) is 0 Å². The molecule has 9 nitrogen and oxygen atoms in total. The molecule has 0 spiro atoms. The van der Waals surface area contributed by atoms with Crippen molar-refractivity contribution in [3.63, 3.8) is 0 Å². The number of carbonyl (C=O) groups is 4. The maximum Gasteiger partial charge on any atom is 0.246 e. The molecule has 2 N–H and O–H groups in total. The van der Waals surface area contributed by atoms with E-state index in [-0.39, 0.29) is 74.0 Å². The van der Waals surface area contributed by atoms with Crippen LogP contribution < -0.4 is 10.6 Å². The molecule has 0 aliphatic rings. The topological polar surface area (TPSA) is 120 Å². The van der Waals surface area contributed by atoms with Crippen molar-refractivity contribution in [1.29, 1.82) is 0 Å². The summed E-state index contributed by atoms with van der Waals surface area (Å²) in [4.78, 5) is 49.1. The van der Waals surface area contributed by atoms with Gasteiger partial charge in [0, 0.05) is 49.6 Å². The number of nitrogens with one attached hydrogen (secondary N) is 2. The van der Waals surface area contributed by atoms with E-state index in [0.29, 0.717) is 57.7 Å². The molecule has 1 amide bonds. The molecule has 0 aromatic carbocycles. The third kappa shape index (κ3) is 19.1. The van der Waals surface area contributed by atoms with Crippen molar-refractivity contribution in [1.82, 2.24) is 10.6 Å². The summed E-state index contributed by atoms with van der Waals surface area (Å²) in [5, 5.41) is 6.32. The molecule has 0 aromatic rings. The van der Waals surface area contributed by atoms with E-state index in [0.717, 1.165) is 0 Å². The van der Waals surface area contributed by atoms with Crippen LogP contribution in [0.5, 0.6) is 0 Å². The summed E-state index contributed by atoms with van der Waals surface area (Å²) >= 11 is 0. The van der Waals surface area contributed by atoms with Crippen molar-refractivity contribution < 1.29 is 33.4 Å². The first kappa shape index (κ1) is 37.3. The third-order valence-electron chi connectivity index (χ3n) is 6.44. The summed E-state index contributed by atoms with van der Waals surface area (Å²) in [6.07, 6.45) is 2.95. The lowest BCUT2D eigenvalue weighted by atomic mass is 9.92. The van der Waals surface area contributed by atoms with E-state index >= 15 is 0 Å². The van der Waals surface area contributed by atoms with E-state index < -0.39 is 5.54 Å². The van der Waals surface area contributed by atoms with Crippen LogP contribution in [0.1, 0.15) is 93.9 Å². The van der Waals surface area contributed by atoms with Gasteiger partial charge in [0.1, 0.15) is 24.0 Å². The van der Waals surface area contributed by atoms with Gasteiger partial charge in [0.25, 0.3) is 0 Å². The van der Waals surface area contributed by atoms with Gasteiger partial charge in [0.2, 0.25) is 5.91 Å². The van der Waals surface area contributed by atoms with E-state index in [9.17, 15) is 19.2 Å². The summed E-state index contributed by atoms with van der Waals surface area (Å²) in [5.41, 5.74) is -0.876. The smallest absolute Gasteiger partial charge is 0.246 e. The fraction of sp³-hybridized carbons (Fsp3) is 0.867. The van der Waals surface area contributed by atoms with E-state index in [1.807, 2.05) is 55.4 Å². The number of carbonyl (C=O) groups excluding carboxylic acids is 4. The first-order chi connectivity index (χ1) is 18.3. The summed E-state index contributed by atoms with van der Waals surface area (Å²) in [7, 11) is 0. The second-order valence-electron chi connectivity index (χ2n) is 11.7. The van der Waals surface area contributed by atoms with Crippen molar-refractivity contribution in [2.75, 3.05) is 46.2 Å². The van der Waals surface area contributed by atoms with Crippen LogP contribution in [0.3, 0.4) is 0 Å². The van der Waals surface area contributed by atoms with E-state index in [2.05, 4.69) is 10.6 Å². The molecule has 0 aliphatic carbocycles. The Labute approximate surface area is 236 Å². The van der Waals surface area contributed by atoms with Crippen LogP contribution in [0.4, 0.5) is 0 Å². The van der Waals surface area contributed by atoms with Gasteiger partial charge in [-0.05, 0) is 12.8 Å². The van der Waals surface area contributed by atoms with Crippen molar-refractivity contribution >= 4 is 23.3 Å². The van der Waals surface area contributed by atoms with Gasteiger partial charge < -0.3 is 24.8 Å². The second kappa shape index (κ2) is 21.1. The van der Waals surface area contributed by atoms with Crippen molar-refractivity contribution in [2.24, 2.45) is 17.8 Å². The predicted octanol–water partition coefficient (Wildman–Crippen LogP) is 3.91. The molecule has 0 radical (unpaired) electrons.